The highest BCUT2D eigenvalue weighted by atomic mass is 32.7. The van der Waals surface area contributed by atoms with E-state index in [0.717, 1.165) is 6.42 Å². The molecule has 0 aromatic rings. The van der Waals surface area contributed by atoms with E-state index in [1.165, 1.54) is 0 Å². The molecular formula is C10H24NO2PS. The highest BCUT2D eigenvalue weighted by molar-refractivity contribution is 8.57. The van der Waals surface area contributed by atoms with Crippen molar-refractivity contribution < 1.29 is 9.05 Å². The van der Waals surface area contributed by atoms with Crippen LogP contribution in [0.3, 0.4) is 0 Å². The third kappa shape index (κ3) is 6.64. The van der Waals surface area contributed by atoms with E-state index in [2.05, 4.69) is 13.8 Å². The summed E-state index contributed by atoms with van der Waals surface area (Å²) < 4.78 is 11.6. The Hall–Kier alpha value is 0.530. The minimum atomic E-state index is -2.00. The van der Waals surface area contributed by atoms with Crippen LogP contribution in [0.15, 0.2) is 0 Å². The van der Waals surface area contributed by atoms with Crippen LogP contribution in [0.1, 0.15) is 34.1 Å². The van der Waals surface area contributed by atoms with Crippen molar-refractivity contribution in [1.82, 2.24) is 0 Å². The summed E-state index contributed by atoms with van der Waals surface area (Å²) >= 11 is 1.58. The zero-order valence-electron chi connectivity index (χ0n) is 10.4. The van der Waals surface area contributed by atoms with Crippen LogP contribution in [0.25, 0.3) is 0 Å². The van der Waals surface area contributed by atoms with Crippen LogP contribution in [0.4, 0.5) is 0 Å². The second-order valence-corrected chi connectivity index (χ2v) is 8.88. The third-order valence-corrected chi connectivity index (χ3v) is 6.36. The standard InChI is InChI=1S/C10H24NO2PS/c1-9(2)6-7-12-14(8-11,15-5)13-10(3)4/h8-10H,6-7,11H2,1-5H3. The summed E-state index contributed by atoms with van der Waals surface area (Å²) in [6.07, 6.45) is 3.16. The smallest absolute Gasteiger partial charge is 0.191 e. The molecule has 0 aromatic carbocycles. The van der Waals surface area contributed by atoms with Crippen LogP contribution in [0.5, 0.6) is 0 Å². The second kappa shape index (κ2) is 7.75. The van der Waals surface area contributed by atoms with Gasteiger partial charge < -0.3 is 14.8 Å². The van der Waals surface area contributed by atoms with Crippen LogP contribution in [-0.2, 0) is 9.05 Å². The van der Waals surface area contributed by atoms with Gasteiger partial charge in [-0.3, -0.25) is 0 Å². The average molecular weight is 253 g/mol. The van der Waals surface area contributed by atoms with E-state index < -0.39 is 6.54 Å². The molecular weight excluding hydrogens is 229 g/mol. The van der Waals surface area contributed by atoms with Crippen molar-refractivity contribution in [3.63, 3.8) is 0 Å². The molecule has 15 heavy (non-hydrogen) atoms. The maximum Gasteiger partial charge on any atom is 0.191 e. The lowest BCUT2D eigenvalue weighted by Gasteiger charge is -2.25. The van der Waals surface area contributed by atoms with Crippen LogP contribution in [-0.4, -0.2) is 24.9 Å². The predicted molar refractivity (Wildman–Crippen MR) is 72.3 cm³/mol. The van der Waals surface area contributed by atoms with Gasteiger partial charge in [0.1, 0.15) is 0 Å². The third-order valence-electron chi connectivity index (χ3n) is 1.76. The van der Waals surface area contributed by atoms with E-state index in [-0.39, 0.29) is 6.10 Å². The number of nitrogens with two attached hydrogens (primary N) is 1. The Balaban J connectivity index is 4.26. The van der Waals surface area contributed by atoms with Crippen LogP contribution in [0.2, 0.25) is 0 Å². The fraction of sp³-hybridized carbons (Fsp3) is 0.900. The monoisotopic (exact) mass is 253 g/mol. The SMILES string of the molecule is CSP(=CN)(OCCC(C)C)OC(C)C. The van der Waals surface area contributed by atoms with E-state index in [4.69, 9.17) is 14.8 Å². The zero-order chi connectivity index (χ0) is 11.9. The van der Waals surface area contributed by atoms with Gasteiger partial charge in [0.15, 0.2) is 6.54 Å². The molecule has 0 saturated carbocycles. The van der Waals surface area contributed by atoms with Gasteiger partial charge in [0, 0.05) is 5.92 Å². The Bertz CT molecular complexity index is 219. The number of hydrogen-bond donors (Lipinski definition) is 1. The molecule has 0 fully saturated rings. The fourth-order valence-corrected chi connectivity index (χ4v) is 4.13. The molecule has 1 atom stereocenters. The van der Waals surface area contributed by atoms with Crippen molar-refractivity contribution in [2.45, 2.75) is 40.2 Å². The van der Waals surface area contributed by atoms with Gasteiger partial charge in [-0.25, -0.2) is 0 Å². The molecule has 3 nitrogen and oxygen atoms in total. The van der Waals surface area contributed by atoms with Crippen molar-refractivity contribution in [3.05, 3.63) is 0 Å². The average Bonchev–Trinajstić information content (AvgIpc) is 2.15. The first-order chi connectivity index (χ1) is 6.95. The molecule has 0 saturated heterocycles. The van der Waals surface area contributed by atoms with Gasteiger partial charge in [0.25, 0.3) is 0 Å². The lowest BCUT2D eigenvalue weighted by Crippen LogP contribution is -2.08. The summed E-state index contributed by atoms with van der Waals surface area (Å²) in [5.74, 6) is 2.24. The fourth-order valence-electron chi connectivity index (χ4n) is 0.975. The molecule has 0 aliphatic carbocycles. The minimum Gasteiger partial charge on any atom is -0.329 e. The highest BCUT2D eigenvalue weighted by Crippen LogP contribution is 2.60. The Labute approximate surface area is 98.0 Å². The lowest BCUT2D eigenvalue weighted by molar-refractivity contribution is 0.207. The van der Waals surface area contributed by atoms with Crippen molar-refractivity contribution in [2.24, 2.45) is 11.7 Å². The van der Waals surface area contributed by atoms with Gasteiger partial charge >= 0.3 is 0 Å². The first-order valence-electron chi connectivity index (χ1n) is 5.29. The van der Waals surface area contributed by atoms with Gasteiger partial charge in [0.05, 0.1) is 12.7 Å². The lowest BCUT2D eigenvalue weighted by atomic mass is 10.2. The van der Waals surface area contributed by atoms with Crippen LogP contribution in [0, 0.1) is 5.92 Å². The van der Waals surface area contributed by atoms with E-state index in [9.17, 15) is 0 Å². The summed E-state index contributed by atoms with van der Waals surface area (Å²) in [6.45, 7) is 7.07. The molecule has 92 valence electrons. The second-order valence-electron chi connectivity index (χ2n) is 4.04. The van der Waals surface area contributed by atoms with Crippen LogP contribution < -0.4 is 5.73 Å². The van der Waals surface area contributed by atoms with E-state index >= 15 is 0 Å². The van der Waals surface area contributed by atoms with Crippen molar-refractivity contribution in [3.8, 4) is 0 Å². The Morgan fingerprint density at radius 3 is 2.27 bits per heavy atom. The predicted octanol–water partition coefficient (Wildman–Crippen LogP) is 3.32. The molecule has 0 rings (SSSR count). The molecule has 1 unspecified atom stereocenters. The number of rotatable bonds is 7. The highest BCUT2D eigenvalue weighted by Gasteiger charge is 2.19. The van der Waals surface area contributed by atoms with Gasteiger partial charge in [-0.05, 0) is 32.4 Å². The largest absolute Gasteiger partial charge is 0.329 e. The summed E-state index contributed by atoms with van der Waals surface area (Å²) in [5.41, 5.74) is 5.64. The Morgan fingerprint density at radius 1 is 1.33 bits per heavy atom. The van der Waals surface area contributed by atoms with E-state index in [1.807, 2.05) is 20.1 Å². The summed E-state index contributed by atoms with van der Waals surface area (Å²) in [5, 5.41) is 0. The molecule has 0 bridgehead atoms. The molecule has 0 aliphatic rings. The Morgan fingerprint density at radius 2 is 1.93 bits per heavy atom. The molecule has 0 heterocycles. The maximum atomic E-state index is 5.82. The zero-order valence-corrected chi connectivity index (χ0v) is 12.1. The summed E-state index contributed by atoms with van der Waals surface area (Å²) in [4.78, 5) is 0. The number of hydrogen-bond acceptors (Lipinski definition) is 3. The van der Waals surface area contributed by atoms with Crippen molar-refractivity contribution in [1.29, 1.82) is 0 Å². The Kier molecular flexibility index (Phi) is 8.02. The maximum absolute atomic E-state index is 5.82. The quantitative estimate of drug-likeness (QED) is 0.707. The van der Waals surface area contributed by atoms with Gasteiger partial charge in [0.2, 0.25) is 0 Å². The van der Waals surface area contributed by atoms with Crippen molar-refractivity contribution in [2.75, 3.05) is 12.9 Å². The molecule has 0 aliphatic heterocycles. The molecule has 5 heteroatoms. The summed E-state index contributed by atoms with van der Waals surface area (Å²) in [6, 6.07) is 0. The van der Waals surface area contributed by atoms with Crippen molar-refractivity contribution >= 4 is 23.8 Å². The van der Waals surface area contributed by atoms with Gasteiger partial charge in [-0.15, -0.1) is 0 Å². The minimum absolute atomic E-state index is 0.143. The van der Waals surface area contributed by atoms with Gasteiger partial charge in [-0.2, -0.15) is 0 Å². The molecule has 0 spiro atoms. The topological polar surface area (TPSA) is 44.5 Å². The first-order valence-corrected chi connectivity index (χ1v) is 8.81. The van der Waals surface area contributed by atoms with Gasteiger partial charge in [-0.1, -0.05) is 25.2 Å². The van der Waals surface area contributed by atoms with E-state index in [0.29, 0.717) is 12.5 Å². The first kappa shape index (κ1) is 15.5. The molecule has 2 N–H and O–H groups in total. The molecule has 0 amide bonds. The van der Waals surface area contributed by atoms with Crippen LogP contribution >= 0.6 is 17.9 Å². The summed E-state index contributed by atoms with van der Waals surface area (Å²) in [7, 11) is 0. The molecule has 0 aromatic heterocycles. The molecule has 0 radical (unpaired) electrons. The normalized spacial score (nSPS) is 15.7. The van der Waals surface area contributed by atoms with E-state index in [1.54, 1.807) is 17.3 Å².